The molecule has 3 rings (SSSR count). The smallest absolute Gasteiger partial charge is 0.202 e. The molecule has 8 heteroatoms. The molecular weight excluding hydrogens is 296 g/mol. The van der Waals surface area contributed by atoms with Crippen LogP contribution in [0, 0.1) is 5.41 Å². The Morgan fingerprint density at radius 2 is 1.87 bits per heavy atom. The Morgan fingerprint density at radius 3 is 2.57 bits per heavy atom. The molecule has 0 atom stereocenters. The van der Waals surface area contributed by atoms with E-state index in [0.29, 0.717) is 12.4 Å². The van der Waals surface area contributed by atoms with Crippen molar-refractivity contribution in [3.8, 4) is 0 Å². The lowest BCUT2D eigenvalue weighted by molar-refractivity contribution is 0.0342. The summed E-state index contributed by atoms with van der Waals surface area (Å²) in [4.78, 5) is 2.39. The summed E-state index contributed by atoms with van der Waals surface area (Å²) in [6, 6.07) is 8.40. The molecule has 0 aliphatic carbocycles. The Labute approximate surface area is 134 Å². The Morgan fingerprint density at radius 1 is 1.17 bits per heavy atom. The number of nitrogen functional groups attached to an aromatic ring is 1. The van der Waals surface area contributed by atoms with Gasteiger partial charge in [-0.25, -0.2) is 4.63 Å². The van der Waals surface area contributed by atoms with Gasteiger partial charge in [0.25, 0.3) is 0 Å². The van der Waals surface area contributed by atoms with Gasteiger partial charge < -0.3 is 15.8 Å². The number of aromatic nitrogens is 2. The molecule has 0 amide bonds. The van der Waals surface area contributed by atoms with Gasteiger partial charge in [-0.2, -0.15) is 0 Å². The second kappa shape index (κ2) is 7.21. The van der Waals surface area contributed by atoms with Gasteiger partial charge in [0.1, 0.15) is 5.84 Å². The minimum atomic E-state index is -0.172. The molecule has 0 saturated carbocycles. The highest BCUT2D eigenvalue weighted by molar-refractivity contribution is 5.97. The second-order valence-electron chi connectivity index (χ2n) is 5.43. The number of morpholine rings is 1. The molecule has 0 spiro atoms. The van der Waals surface area contributed by atoms with E-state index in [-0.39, 0.29) is 11.5 Å². The largest absolute Gasteiger partial charge is 0.382 e. The normalized spacial score (nSPS) is 15.5. The number of nitrogens with two attached hydrogens (primary N) is 1. The van der Waals surface area contributed by atoms with Gasteiger partial charge in [0.05, 0.1) is 13.2 Å². The molecule has 1 aliphatic rings. The third-order valence-electron chi connectivity index (χ3n) is 3.74. The number of hydrogen-bond donors (Lipinski definition) is 3. The predicted octanol–water partition coefficient (Wildman–Crippen LogP) is 0.798. The van der Waals surface area contributed by atoms with Crippen molar-refractivity contribution in [2.45, 2.75) is 13.1 Å². The molecule has 1 saturated heterocycles. The number of nitrogens with one attached hydrogen (secondary N) is 2. The number of ether oxygens (including phenoxy) is 1. The first kappa shape index (κ1) is 15.4. The highest BCUT2D eigenvalue weighted by atomic mass is 16.6. The molecule has 2 heterocycles. The zero-order chi connectivity index (χ0) is 16.1. The fourth-order valence-corrected chi connectivity index (χ4v) is 2.45. The molecule has 0 bridgehead atoms. The molecule has 1 fully saturated rings. The maximum Gasteiger partial charge on any atom is 0.202 e. The average Bonchev–Trinajstić information content (AvgIpc) is 3.04. The first-order chi connectivity index (χ1) is 11.2. The van der Waals surface area contributed by atoms with Crippen LogP contribution < -0.4 is 11.1 Å². The summed E-state index contributed by atoms with van der Waals surface area (Å²) in [5, 5.41) is 17.8. The van der Waals surface area contributed by atoms with E-state index in [9.17, 15) is 0 Å². The summed E-state index contributed by atoms with van der Waals surface area (Å²) in [5.41, 5.74) is 8.02. The molecule has 4 N–H and O–H groups in total. The van der Waals surface area contributed by atoms with E-state index in [1.54, 1.807) is 0 Å². The van der Waals surface area contributed by atoms with Gasteiger partial charge in [-0.3, -0.25) is 10.3 Å². The second-order valence-corrected chi connectivity index (χ2v) is 5.43. The third kappa shape index (κ3) is 4.05. The van der Waals surface area contributed by atoms with Gasteiger partial charge >= 0.3 is 0 Å². The molecule has 1 aromatic heterocycles. The molecule has 1 aliphatic heterocycles. The maximum absolute atomic E-state index is 7.39. The molecule has 23 heavy (non-hydrogen) atoms. The number of nitrogens with zero attached hydrogens (tertiary/aromatic N) is 3. The Bertz CT molecular complexity index is 648. The van der Waals surface area contributed by atoms with E-state index >= 15 is 0 Å². The average molecular weight is 316 g/mol. The van der Waals surface area contributed by atoms with Crippen LogP contribution in [0.15, 0.2) is 28.9 Å². The van der Waals surface area contributed by atoms with Crippen molar-refractivity contribution in [3.05, 3.63) is 41.1 Å². The summed E-state index contributed by atoms with van der Waals surface area (Å²) in [6.07, 6.45) is 0. The number of hydrogen-bond acceptors (Lipinski definition) is 7. The maximum atomic E-state index is 7.39. The van der Waals surface area contributed by atoms with E-state index in [1.165, 1.54) is 5.56 Å². The summed E-state index contributed by atoms with van der Waals surface area (Å²) < 4.78 is 9.96. The van der Waals surface area contributed by atoms with Crippen molar-refractivity contribution in [1.29, 1.82) is 5.41 Å². The van der Waals surface area contributed by atoms with Gasteiger partial charge in [0.2, 0.25) is 5.82 Å². The Kier molecular flexibility index (Phi) is 4.84. The molecule has 0 unspecified atom stereocenters. The van der Waals surface area contributed by atoms with Crippen LogP contribution in [0.1, 0.15) is 16.8 Å². The predicted molar refractivity (Wildman–Crippen MR) is 85.2 cm³/mol. The van der Waals surface area contributed by atoms with Gasteiger partial charge in [-0.15, -0.1) is 0 Å². The standard InChI is InChI=1S/C15H20N6O2/c16-14(17)13-15(20-23-19-13)18-9-11-1-3-12(4-2-11)10-21-5-7-22-8-6-21/h1-4H,5-10H2,(H3,16,17)(H,18,20). The highest BCUT2D eigenvalue weighted by Crippen LogP contribution is 2.13. The van der Waals surface area contributed by atoms with Crippen LogP contribution in [0.25, 0.3) is 0 Å². The van der Waals surface area contributed by atoms with E-state index < -0.39 is 0 Å². The first-order valence-corrected chi connectivity index (χ1v) is 7.51. The zero-order valence-corrected chi connectivity index (χ0v) is 12.8. The van der Waals surface area contributed by atoms with E-state index in [1.807, 2.05) is 0 Å². The number of benzene rings is 1. The van der Waals surface area contributed by atoms with E-state index in [2.05, 4.69) is 49.4 Å². The van der Waals surface area contributed by atoms with Crippen molar-refractivity contribution in [2.75, 3.05) is 31.6 Å². The molecule has 122 valence electrons. The van der Waals surface area contributed by atoms with E-state index in [0.717, 1.165) is 38.4 Å². The fraction of sp³-hybridized carbons (Fsp3) is 0.400. The van der Waals surface area contributed by atoms with Gasteiger partial charge in [-0.05, 0) is 21.4 Å². The Balaban J connectivity index is 1.55. The first-order valence-electron chi connectivity index (χ1n) is 7.51. The molecule has 0 radical (unpaired) electrons. The zero-order valence-electron chi connectivity index (χ0n) is 12.8. The van der Waals surface area contributed by atoms with Gasteiger partial charge in [0.15, 0.2) is 5.69 Å². The minimum Gasteiger partial charge on any atom is -0.382 e. The van der Waals surface area contributed by atoms with Gasteiger partial charge in [-0.1, -0.05) is 24.3 Å². The molecular formula is C15H20N6O2. The molecule has 1 aromatic carbocycles. The molecule has 2 aromatic rings. The van der Waals surface area contributed by atoms with E-state index in [4.69, 9.17) is 15.9 Å². The number of amidine groups is 1. The monoisotopic (exact) mass is 316 g/mol. The summed E-state index contributed by atoms with van der Waals surface area (Å²) in [5.74, 6) is 0.213. The lowest BCUT2D eigenvalue weighted by atomic mass is 10.1. The van der Waals surface area contributed by atoms with Crippen LogP contribution in [-0.4, -0.2) is 47.4 Å². The number of rotatable bonds is 6. The van der Waals surface area contributed by atoms with Crippen molar-refractivity contribution < 1.29 is 9.37 Å². The lowest BCUT2D eigenvalue weighted by Gasteiger charge is -2.26. The van der Waals surface area contributed by atoms with Gasteiger partial charge in [0, 0.05) is 26.2 Å². The lowest BCUT2D eigenvalue weighted by Crippen LogP contribution is -2.35. The van der Waals surface area contributed by atoms with Crippen LogP contribution in [0.2, 0.25) is 0 Å². The fourth-order valence-electron chi connectivity index (χ4n) is 2.45. The van der Waals surface area contributed by atoms with Crippen molar-refractivity contribution in [2.24, 2.45) is 5.73 Å². The summed E-state index contributed by atoms with van der Waals surface area (Å²) in [6.45, 7) is 5.09. The van der Waals surface area contributed by atoms with Crippen LogP contribution >= 0.6 is 0 Å². The van der Waals surface area contributed by atoms with Crippen molar-refractivity contribution in [3.63, 3.8) is 0 Å². The summed E-state index contributed by atoms with van der Waals surface area (Å²) in [7, 11) is 0. The SMILES string of the molecule is N=C(N)c1nonc1NCc1ccc(CN2CCOCC2)cc1. The van der Waals surface area contributed by atoms with Crippen molar-refractivity contribution >= 4 is 11.7 Å². The van der Waals surface area contributed by atoms with Crippen LogP contribution in [-0.2, 0) is 17.8 Å². The van der Waals surface area contributed by atoms with Crippen molar-refractivity contribution in [1.82, 2.24) is 15.2 Å². The Hall–Kier alpha value is -2.45. The van der Waals surface area contributed by atoms with Crippen LogP contribution in [0.3, 0.4) is 0 Å². The van der Waals surface area contributed by atoms with Crippen LogP contribution in [0.4, 0.5) is 5.82 Å². The highest BCUT2D eigenvalue weighted by Gasteiger charge is 2.13. The topological polar surface area (TPSA) is 113 Å². The molecule has 8 nitrogen and oxygen atoms in total. The van der Waals surface area contributed by atoms with Crippen LogP contribution in [0.5, 0.6) is 0 Å². The quantitative estimate of drug-likeness (QED) is 0.533. The summed E-state index contributed by atoms with van der Waals surface area (Å²) >= 11 is 0. The number of anilines is 1. The minimum absolute atomic E-state index is 0.172. The third-order valence-corrected chi connectivity index (χ3v) is 3.74.